The van der Waals surface area contributed by atoms with Crippen LogP contribution in [0.4, 0.5) is 5.69 Å². The predicted octanol–water partition coefficient (Wildman–Crippen LogP) is 3.25. The number of anilines is 1. The summed E-state index contributed by atoms with van der Waals surface area (Å²) in [4.78, 5) is 0. The molecular formula is C15H24N2. The zero-order valence-electron chi connectivity index (χ0n) is 11.4. The molecule has 1 unspecified atom stereocenters. The molecule has 0 amide bonds. The lowest BCUT2D eigenvalue weighted by atomic mass is 9.89. The van der Waals surface area contributed by atoms with Crippen molar-refractivity contribution in [2.45, 2.75) is 52.1 Å². The summed E-state index contributed by atoms with van der Waals surface area (Å²) in [6.45, 7) is 10.00. The molecule has 2 nitrogen and oxygen atoms in total. The molecule has 94 valence electrons. The van der Waals surface area contributed by atoms with Crippen molar-refractivity contribution >= 4 is 5.69 Å². The van der Waals surface area contributed by atoms with Gasteiger partial charge in [0, 0.05) is 17.3 Å². The Kier molecular flexibility index (Phi) is 3.43. The van der Waals surface area contributed by atoms with Crippen LogP contribution in [0.2, 0.25) is 0 Å². The largest absolute Gasteiger partial charge is 0.382 e. The highest BCUT2D eigenvalue weighted by Gasteiger charge is 2.27. The van der Waals surface area contributed by atoms with Gasteiger partial charge in [-0.3, -0.25) is 0 Å². The van der Waals surface area contributed by atoms with Crippen molar-refractivity contribution in [3.05, 3.63) is 29.3 Å². The van der Waals surface area contributed by atoms with E-state index in [1.54, 1.807) is 0 Å². The van der Waals surface area contributed by atoms with Crippen molar-refractivity contribution in [3.8, 4) is 0 Å². The number of aryl methyl sites for hydroxylation is 2. The molecule has 1 aromatic carbocycles. The standard InChI is InChI=1S/C15H24N2/c1-11-5-6-13(9-12(11)2)17-14-7-8-16-15(3,4)10-14/h5-6,9,14,16-17H,7-8,10H2,1-4H3. The highest BCUT2D eigenvalue weighted by Crippen LogP contribution is 2.23. The molecule has 0 aromatic heterocycles. The first-order valence-electron chi connectivity index (χ1n) is 6.55. The molecule has 2 N–H and O–H groups in total. The van der Waals surface area contributed by atoms with Crippen LogP contribution in [-0.2, 0) is 0 Å². The van der Waals surface area contributed by atoms with E-state index in [0.29, 0.717) is 6.04 Å². The Bertz CT molecular complexity index is 396. The highest BCUT2D eigenvalue weighted by atomic mass is 15.0. The minimum atomic E-state index is 0.260. The van der Waals surface area contributed by atoms with Crippen LogP contribution in [0.5, 0.6) is 0 Å². The van der Waals surface area contributed by atoms with Crippen LogP contribution in [0.15, 0.2) is 18.2 Å². The lowest BCUT2D eigenvalue weighted by Gasteiger charge is -2.37. The summed E-state index contributed by atoms with van der Waals surface area (Å²) < 4.78 is 0. The van der Waals surface area contributed by atoms with Crippen LogP contribution in [0.25, 0.3) is 0 Å². The summed E-state index contributed by atoms with van der Waals surface area (Å²) in [5.41, 5.74) is 4.25. The van der Waals surface area contributed by atoms with Crippen molar-refractivity contribution in [2.24, 2.45) is 0 Å². The second-order valence-electron chi connectivity index (χ2n) is 5.94. The molecule has 0 bridgehead atoms. The molecular weight excluding hydrogens is 208 g/mol. The zero-order chi connectivity index (χ0) is 12.5. The second kappa shape index (κ2) is 4.69. The summed E-state index contributed by atoms with van der Waals surface area (Å²) in [5.74, 6) is 0. The molecule has 0 saturated carbocycles. The van der Waals surface area contributed by atoms with Crippen molar-refractivity contribution < 1.29 is 0 Å². The Morgan fingerprint density at radius 1 is 1.24 bits per heavy atom. The van der Waals surface area contributed by atoms with Crippen LogP contribution >= 0.6 is 0 Å². The van der Waals surface area contributed by atoms with Crippen molar-refractivity contribution in [2.75, 3.05) is 11.9 Å². The number of benzene rings is 1. The molecule has 1 aliphatic rings. The summed E-state index contributed by atoms with van der Waals surface area (Å²) >= 11 is 0. The molecule has 0 radical (unpaired) electrons. The van der Waals surface area contributed by atoms with Crippen molar-refractivity contribution in [3.63, 3.8) is 0 Å². The minimum Gasteiger partial charge on any atom is -0.382 e. The van der Waals surface area contributed by atoms with E-state index in [-0.39, 0.29) is 5.54 Å². The van der Waals surface area contributed by atoms with Gasteiger partial charge in [0.1, 0.15) is 0 Å². The number of hydrogen-bond acceptors (Lipinski definition) is 2. The number of nitrogens with one attached hydrogen (secondary N) is 2. The van der Waals surface area contributed by atoms with E-state index in [1.807, 2.05) is 0 Å². The first kappa shape index (κ1) is 12.4. The van der Waals surface area contributed by atoms with Crippen molar-refractivity contribution in [1.29, 1.82) is 0 Å². The smallest absolute Gasteiger partial charge is 0.0345 e. The van der Waals surface area contributed by atoms with Gasteiger partial charge in [0.15, 0.2) is 0 Å². The number of hydrogen-bond donors (Lipinski definition) is 2. The fourth-order valence-corrected chi connectivity index (χ4v) is 2.57. The topological polar surface area (TPSA) is 24.1 Å². The second-order valence-corrected chi connectivity index (χ2v) is 5.94. The van der Waals surface area contributed by atoms with E-state index in [2.05, 4.69) is 56.5 Å². The molecule has 17 heavy (non-hydrogen) atoms. The average Bonchev–Trinajstić information content (AvgIpc) is 2.22. The molecule has 1 heterocycles. The van der Waals surface area contributed by atoms with Gasteiger partial charge in [0.2, 0.25) is 0 Å². The van der Waals surface area contributed by atoms with Gasteiger partial charge in [-0.25, -0.2) is 0 Å². The lowest BCUT2D eigenvalue weighted by molar-refractivity contribution is 0.286. The fraction of sp³-hybridized carbons (Fsp3) is 0.600. The Hall–Kier alpha value is -1.02. The maximum absolute atomic E-state index is 3.66. The zero-order valence-corrected chi connectivity index (χ0v) is 11.4. The third kappa shape index (κ3) is 3.22. The van der Waals surface area contributed by atoms with Gasteiger partial charge >= 0.3 is 0 Å². The molecule has 1 aromatic rings. The van der Waals surface area contributed by atoms with E-state index in [1.165, 1.54) is 29.7 Å². The average molecular weight is 232 g/mol. The third-order valence-corrected chi connectivity index (χ3v) is 3.73. The van der Waals surface area contributed by atoms with Gasteiger partial charge in [-0.05, 0) is 70.3 Å². The first-order chi connectivity index (χ1) is 7.96. The third-order valence-electron chi connectivity index (χ3n) is 3.73. The van der Waals surface area contributed by atoms with Gasteiger partial charge in [-0.15, -0.1) is 0 Å². The maximum atomic E-state index is 3.66. The van der Waals surface area contributed by atoms with E-state index in [0.717, 1.165) is 6.54 Å². The Morgan fingerprint density at radius 2 is 2.00 bits per heavy atom. The van der Waals surface area contributed by atoms with Crippen LogP contribution in [0.3, 0.4) is 0 Å². The van der Waals surface area contributed by atoms with Gasteiger partial charge in [-0.1, -0.05) is 6.07 Å². The van der Waals surface area contributed by atoms with E-state index in [9.17, 15) is 0 Å². The van der Waals surface area contributed by atoms with E-state index in [4.69, 9.17) is 0 Å². The van der Waals surface area contributed by atoms with Gasteiger partial charge in [-0.2, -0.15) is 0 Å². The molecule has 0 aliphatic carbocycles. The highest BCUT2D eigenvalue weighted by molar-refractivity contribution is 5.48. The molecule has 0 spiro atoms. The summed E-state index contributed by atoms with van der Waals surface area (Å²) in [6, 6.07) is 7.24. The van der Waals surface area contributed by atoms with E-state index < -0.39 is 0 Å². The molecule has 1 atom stereocenters. The number of rotatable bonds is 2. The van der Waals surface area contributed by atoms with Crippen LogP contribution in [-0.4, -0.2) is 18.1 Å². The van der Waals surface area contributed by atoms with Crippen LogP contribution in [0, 0.1) is 13.8 Å². The monoisotopic (exact) mass is 232 g/mol. The fourth-order valence-electron chi connectivity index (χ4n) is 2.57. The normalized spacial score (nSPS) is 23.4. The Labute approximate surface area is 105 Å². The first-order valence-corrected chi connectivity index (χ1v) is 6.55. The Morgan fingerprint density at radius 3 is 2.65 bits per heavy atom. The SMILES string of the molecule is Cc1ccc(NC2CCNC(C)(C)C2)cc1C. The molecule has 1 aliphatic heterocycles. The molecule has 2 heteroatoms. The van der Waals surface area contributed by atoms with Crippen LogP contribution in [0.1, 0.15) is 37.8 Å². The maximum Gasteiger partial charge on any atom is 0.0345 e. The Balaban J connectivity index is 2.03. The minimum absolute atomic E-state index is 0.260. The van der Waals surface area contributed by atoms with Crippen molar-refractivity contribution in [1.82, 2.24) is 5.32 Å². The predicted molar refractivity (Wildman–Crippen MR) is 74.6 cm³/mol. The molecule has 1 fully saturated rings. The summed E-state index contributed by atoms with van der Waals surface area (Å²) in [5, 5.41) is 7.22. The number of piperidine rings is 1. The lowest BCUT2D eigenvalue weighted by Crippen LogP contribution is -2.50. The quantitative estimate of drug-likeness (QED) is 0.818. The molecule has 1 saturated heterocycles. The van der Waals surface area contributed by atoms with Gasteiger partial charge in [0.25, 0.3) is 0 Å². The van der Waals surface area contributed by atoms with E-state index >= 15 is 0 Å². The summed E-state index contributed by atoms with van der Waals surface area (Å²) in [7, 11) is 0. The van der Waals surface area contributed by atoms with Gasteiger partial charge in [0.05, 0.1) is 0 Å². The summed E-state index contributed by atoms with van der Waals surface area (Å²) in [6.07, 6.45) is 2.39. The molecule has 2 rings (SSSR count). The van der Waals surface area contributed by atoms with Crippen LogP contribution < -0.4 is 10.6 Å². The van der Waals surface area contributed by atoms with Gasteiger partial charge < -0.3 is 10.6 Å².